The third kappa shape index (κ3) is 17.5. The molecule has 0 amide bonds. The van der Waals surface area contributed by atoms with Crippen molar-refractivity contribution in [3.8, 4) is 0 Å². The second-order valence-corrected chi connectivity index (χ2v) is 22.4. The maximum atomic E-state index is 12.2. The van der Waals surface area contributed by atoms with Crippen LogP contribution in [-0.2, 0) is 66.2 Å². The molecule has 2 atom stereocenters. The SMILES string of the molecule is CC1(CCCS(=O)(=O)O)C(=CC=CC=CC2=[N+](CCCS(=O)(=O)O)c3ccc(S(=O)(=O)O)cc3C2(C)CCCC(=O)O)N(CCCS(=O)(=O)O)c2ccc(S(=O)(=O)O)cc21.[Na+].[Na+].[Na+].[Na+]. The summed E-state index contributed by atoms with van der Waals surface area (Å²) < 4.78 is 168. The number of benzene rings is 2. The summed E-state index contributed by atoms with van der Waals surface area (Å²) in [6, 6.07) is 7.58. The van der Waals surface area contributed by atoms with Gasteiger partial charge in [0.15, 0.2) is 5.71 Å². The van der Waals surface area contributed by atoms with Gasteiger partial charge in [-0.05, 0) is 87.9 Å². The maximum absolute atomic E-state index is 12.2. The molecule has 28 heteroatoms. The molecule has 19 nitrogen and oxygen atoms in total. The van der Waals surface area contributed by atoms with Crippen molar-refractivity contribution < 1.29 is 198 Å². The molecule has 0 spiro atoms. The molecule has 2 aromatic rings. The fourth-order valence-corrected chi connectivity index (χ4v) is 10.3. The fraction of sp³-hybridized carbons (Fsp3) is 0.444. The molecule has 0 aromatic heterocycles. The number of rotatable bonds is 21. The molecule has 2 heterocycles. The first kappa shape index (κ1) is 64.2. The van der Waals surface area contributed by atoms with E-state index in [0.717, 1.165) is 12.1 Å². The van der Waals surface area contributed by atoms with E-state index in [1.165, 1.54) is 24.3 Å². The first-order chi connectivity index (χ1) is 27.5. The van der Waals surface area contributed by atoms with Gasteiger partial charge in [0.1, 0.15) is 6.54 Å². The molecule has 0 bridgehead atoms. The van der Waals surface area contributed by atoms with E-state index in [9.17, 15) is 74.8 Å². The van der Waals surface area contributed by atoms with Gasteiger partial charge in [0, 0.05) is 53.9 Å². The zero-order valence-electron chi connectivity index (χ0n) is 36.4. The third-order valence-electron chi connectivity index (χ3n) is 10.5. The van der Waals surface area contributed by atoms with Crippen molar-refractivity contribution >= 4 is 73.6 Å². The van der Waals surface area contributed by atoms with Crippen LogP contribution in [0.3, 0.4) is 0 Å². The second-order valence-electron chi connectivity index (χ2n) is 14.9. The van der Waals surface area contributed by atoms with Gasteiger partial charge in [0.2, 0.25) is 5.69 Å². The van der Waals surface area contributed by atoms with E-state index in [2.05, 4.69) is 0 Å². The summed E-state index contributed by atoms with van der Waals surface area (Å²) in [6.45, 7) is 3.37. The van der Waals surface area contributed by atoms with Crippen LogP contribution in [0.5, 0.6) is 0 Å². The Kier molecular flexibility index (Phi) is 25.4. The minimum absolute atomic E-state index is 0. The molecule has 0 saturated carbocycles. The predicted molar refractivity (Wildman–Crippen MR) is 220 cm³/mol. The zero-order valence-corrected chi connectivity index (χ0v) is 48.5. The van der Waals surface area contributed by atoms with Crippen LogP contribution < -0.4 is 123 Å². The van der Waals surface area contributed by atoms with Gasteiger partial charge in [0.05, 0.1) is 32.5 Å². The number of hydrogen-bond acceptors (Lipinski definition) is 12. The molecule has 0 radical (unpaired) electrons. The molecule has 2 aliphatic rings. The van der Waals surface area contributed by atoms with Gasteiger partial charge in [-0.2, -0.15) is 46.7 Å². The van der Waals surface area contributed by atoms with Gasteiger partial charge in [-0.15, -0.1) is 0 Å². The Morgan fingerprint density at radius 2 is 1.14 bits per heavy atom. The van der Waals surface area contributed by atoms with Crippen molar-refractivity contribution in [1.82, 2.24) is 0 Å². The van der Waals surface area contributed by atoms with Gasteiger partial charge in [0.25, 0.3) is 50.6 Å². The van der Waals surface area contributed by atoms with E-state index >= 15 is 0 Å². The van der Waals surface area contributed by atoms with E-state index in [1.54, 1.807) is 53.7 Å². The van der Waals surface area contributed by atoms with Gasteiger partial charge < -0.3 is 10.0 Å². The molecule has 2 aliphatic heterocycles. The quantitative estimate of drug-likeness (QED) is 0.0293. The number of carbonyl (C=O) groups is 1. The summed E-state index contributed by atoms with van der Waals surface area (Å²) >= 11 is 0. The normalized spacial score (nSPS) is 19.5. The number of hydrogen-bond donors (Lipinski definition) is 6. The van der Waals surface area contributed by atoms with Crippen molar-refractivity contribution in [3.63, 3.8) is 0 Å². The third-order valence-corrected chi connectivity index (χ3v) is 14.6. The Balaban J connectivity index is 0.00000992. The number of allylic oxidation sites excluding steroid dienone is 6. The van der Waals surface area contributed by atoms with Crippen molar-refractivity contribution in [2.45, 2.75) is 79.4 Å². The second kappa shape index (κ2) is 25.3. The van der Waals surface area contributed by atoms with Crippen LogP contribution in [0.1, 0.15) is 69.9 Å². The molecule has 6 N–H and O–H groups in total. The van der Waals surface area contributed by atoms with Crippen molar-refractivity contribution in [3.05, 3.63) is 83.6 Å². The maximum Gasteiger partial charge on any atom is 1.00 e. The van der Waals surface area contributed by atoms with Crippen LogP contribution >= 0.6 is 0 Å². The molecule has 332 valence electrons. The number of nitrogens with zero attached hydrogens (tertiary/aromatic N) is 2. The Hall–Kier alpha value is 0.150. The number of carboxylic acid groups (broad SMARTS) is 1. The van der Waals surface area contributed by atoms with Gasteiger partial charge >= 0.3 is 124 Å². The number of carboxylic acids is 1. The van der Waals surface area contributed by atoms with Crippen LogP contribution in [0.2, 0.25) is 0 Å². The molecule has 0 saturated heterocycles. The van der Waals surface area contributed by atoms with Crippen molar-refractivity contribution in [2.75, 3.05) is 35.2 Å². The minimum Gasteiger partial charge on any atom is -0.481 e. The van der Waals surface area contributed by atoms with E-state index in [-0.39, 0.29) is 176 Å². The number of anilines is 1. The monoisotopic (exact) mass is 1030 g/mol. The van der Waals surface area contributed by atoms with Crippen LogP contribution in [0.25, 0.3) is 0 Å². The Bertz CT molecular complexity index is 2730. The van der Waals surface area contributed by atoms with Gasteiger partial charge in [-0.1, -0.05) is 18.2 Å². The molecule has 64 heavy (non-hydrogen) atoms. The van der Waals surface area contributed by atoms with E-state index < -0.39 is 94.4 Å². The summed E-state index contributed by atoms with van der Waals surface area (Å²) in [5, 5.41) is 9.39. The Morgan fingerprint density at radius 3 is 1.67 bits per heavy atom. The van der Waals surface area contributed by atoms with Crippen LogP contribution in [0, 0.1) is 0 Å². The largest absolute Gasteiger partial charge is 1.00 e. The van der Waals surface area contributed by atoms with E-state index in [4.69, 9.17) is 0 Å². The zero-order chi connectivity index (χ0) is 45.1. The predicted octanol–water partition coefficient (Wildman–Crippen LogP) is -8.19. The Labute approximate surface area is 463 Å². The summed E-state index contributed by atoms with van der Waals surface area (Å²) in [5.74, 6) is -2.98. The summed E-state index contributed by atoms with van der Waals surface area (Å²) in [7, 11) is -22.6. The standard InChI is InChI=1S/C36H46N2O17S5.4Na/c1-35(17-6-12-34(39)40)28-24-26(59(50,51)52)13-15-30(28)37(19-8-22-57(44,45)46)32(35)10-4-3-5-11-33-36(2,18-7-21-56(41,42)43)29-25-27(60(53,54)55)14-16-31(29)38(33)20-9-23-58(47,48)49;;;;/h3-5,10-11,13-16,24-25H,6-9,12,17-23H2,1-2H3,(H5-,39,40,41,42,43,44,45,46,47,48,49,50,51,52,53,54,55);;;;/q;4*+1/p+1. The van der Waals surface area contributed by atoms with Gasteiger partial charge in [-0.25, -0.2) is 0 Å². The minimum atomic E-state index is -4.72. The average Bonchev–Trinajstić information content (AvgIpc) is 3.45. The molecule has 0 fully saturated rings. The topological polar surface area (TPSA) is 315 Å². The molecule has 0 aliphatic carbocycles. The number of aliphatic carboxylic acids is 1. The van der Waals surface area contributed by atoms with Crippen LogP contribution in [0.15, 0.2) is 82.3 Å². The molecular weight excluding hydrogens is 985 g/mol. The molecule has 2 aromatic carbocycles. The average molecular weight is 1030 g/mol. The van der Waals surface area contributed by atoms with Crippen molar-refractivity contribution in [2.24, 2.45) is 0 Å². The Morgan fingerprint density at radius 1 is 0.641 bits per heavy atom. The van der Waals surface area contributed by atoms with Crippen LogP contribution in [-0.4, -0.2) is 117 Å². The molecule has 2 unspecified atom stereocenters. The molecule has 4 rings (SSSR count). The summed E-state index contributed by atoms with van der Waals surface area (Å²) in [6.07, 6.45) is 7.68. The summed E-state index contributed by atoms with van der Waals surface area (Å²) in [5.41, 5.74) is 0.163. The fourth-order valence-electron chi connectivity index (χ4n) is 7.76. The smallest absolute Gasteiger partial charge is 0.481 e. The van der Waals surface area contributed by atoms with Crippen molar-refractivity contribution in [1.29, 1.82) is 0 Å². The number of fused-ring (bicyclic) bond motifs is 2. The first-order valence-electron chi connectivity index (χ1n) is 18.3. The van der Waals surface area contributed by atoms with E-state index in [1.807, 2.05) is 0 Å². The van der Waals surface area contributed by atoms with Gasteiger partial charge in [-0.3, -0.25) is 27.6 Å². The summed E-state index contributed by atoms with van der Waals surface area (Å²) in [4.78, 5) is 12.3. The molecular formula is C36H47N2Na4O17S5+5. The van der Waals surface area contributed by atoms with Crippen LogP contribution in [0.4, 0.5) is 11.4 Å². The van der Waals surface area contributed by atoms with E-state index in [0.29, 0.717) is 33.9 Å². The first-order valence-corrected chi connectivity index (χ1v) is 26.0.